The summed E-state index contributed by atoms with van der Waals surface area (Å²) in [5.41, 5.74) is 1.30. The zero-order chi connectivity index (χ0) is 9.10. The Labute approximate surface area is 83.1 Å². The van der Waals surface area contributed by atoms with E-state index in [1.54, 1.807) is 4.42 Å². The summed E-state index contributed by atoms with van der Waals surface area (Å²) in [7, 11) is 0. The van der Waals surface area contributed by atoms with E-state index < -0.39 is 0 Å². The maximum Gasteiger partial charge on any atom is 0.105 e. The van der Waals surface area contributed by atoms with Crippen LogP contribution in [-0.2, 0) is 6.54 Å². The van der Waals surface area contributed by atoms with Gasteiger partial charge in [0.15, 0.2) is 0 Å². The van der Waals surface area contributed by atoms with E-state index in [1.165, 1.54) is 5.56 Å². The second-order valence-corrected chi connectivity index (χ2v) is 3.51. The number of hydrogen-bond acceptors (Lipinski definition) is 2. The highest BCUT2D eigenvalue weighted by atomic mass is 35.5. The van der Waals surface area contributed by atoms with Gasteiger partial charge < -0.3 is 4.90 Å². The number of rotatable bonds is 2. The van der Waals surface area contributed by atoms with Gasteiger partial charge >= 0.3 is 0 Å². The third-order valence-corrected chi connectivity index (χ3v) is 2.20. The van der Waals surface area contributed by atoms with Gasteiger partial charge in [-0.2, -0.15) is 0 Å². The van der Waals surface area contributed by atoms with Gasteiger partial charge in [0.1, 0.15) is 6.67 Å². The van der Waals surface area contributed by atoms with Crippen molar-refractivity contribution in [2.75, 3.05) is 6.67 Å². The molecule has 0 spiro atoms. The lowest BCUT2D eigenvalue weighted by molar-refractivity contribution is 0.335. The standard InChI is InChI=1S/C10H11ClN2/c11-13-7-6-12(9-13)8-10-4-2-1-3-5-10/h1-7H,8-9H2. The zero-order valence-electron chi connectivity index (χ0n) is 7.23. The van der Waals surface area contributed by atoms with Crippen molar-refractivity contribution in [2.24, 2.45) is 0 Å². The van der Waals surface area contributed by atoms with Crippen LogP contribution in [0, 0.1) is 0 Å². The second-order valence-electron chi connectivity index (χ2n) is 3.07. The molecule has 0 radical (unpaired) electrons. The largest absolute Gasteiger partial charge is 0.353 e. The molecule has 68 valence electrons. The summed E-state index contributed by atoms with van der Waals surface area (Å²) in [6.07, 6.45) is 3.87. The second kappa shape index (κ2) is 3.71. The minimum Gasteiger partial charge on any atom is -0.353 e. The molecule has 0 aliphatic carbocycles. The van der Waals surface area contributed by atoms with E-state index in [9.17, 15) is 0 Å². The van der Waals surface area contributed by atoms with Gasteiger partial charge in [-0.25, -0.2) is 0 Å². The average molecular weight is 195 g/mol. The maximum atomic E-state index is 5.78. The Morgan fingerprint density at radius 1 is 1.15 bits per heavy atom. The molecule has 3 heteroatoms. The molecule has 1 aromatic rings. The topological polar surface area (TPSA) is 6.48 Å². The third kappa shape index (κ3) is 2.16. The van der Waals surface area contributed by atoms with Gasteiger partial charge in [-0.05, 0) is 5.56 Å². The van der Waals surface area contributed by atoms with E-state index in [0.717, 1.165) is 13.2 Å². The Kier molecular flexibility index (Phi) is 2.41. The lowest BCUT2D eigenvalue weighted by Gasteiger charge is -2.16. The van der Waals surface area contributed by atoms with Gasteiger partial charge in [-0.1, -0.05) is 30.3 Å². The molecule has 0 N–H and O–H groups in total. The summed E-state index contributed by atoms with van der Waals surface area (Å²) in [6, 6.07) is 10.4. The van der Waals surface area contributed by atoms with Crippen LogP contribution in [0.1, 0.15) is 5.56 Å². The Balaban J connectivity index is 1.96. The number of hydrogen-bond donors (Lipinski definition) is 0. The van der Waals surface area contributed by atoms with Crippen molar-refractivity contribution in [3.8, 4) is 0 Å². The van der Waals surface area contributed by atoms with Crippen LogP contribution < -0.4 is 0 Å². The molecule has 0 unspecified atom stereocenters. The normalized spacial score (nSPS) is 15.5. The van der Waals surface area contributed by atoms with E-state index >= 15 is 0 Å². The fraction of sp³-hybridized carbons (Fsp3) is 0.200. The molecule has 13 heavy (non-hydrogen) atoms. The van der Waals surface area contributed by atoms with Crippen LogP contribution >= 0.6 is 11.8 Å². The van der Waals surface area contributed by atoms with Crippen LogP contribution in [0.2, 0.25) is 0 Å². The number of benzene rings is 1. The molecule has 2 rings (SSSR count). The summed E-state index contributed by atoms with van der Waals surface area (Å²) >= 11 is 5.78. The summed E-state index contributed by atoms with van der Waals surface area (Å²) < 4.78 is 1.64. The van der Waals surface area contributed by atoms with Crippen molar-refractivity contribution < 1.29 is 0 Å². The summed E-state index contributed by atoms with van der Waals surface area (Å²) in [5, 5.41) is 0. The van der Waals surface area contributed by atoms with Crippen LogP contribution in [0.4, 0.5) is 0 Å². The molecule has 1 aliphatic rings. The molecule has 1 aliphatic heterocycles. The van der Waals surface area contributed by atoms with Crippen molar-refractivity contribution >= 4 is 11.8 Å². The van der Waals surface area contributed by atoms with Gasteiger partial charge in [0.05, 0.1) is 0 Å². The highest BCUT2D eigenvalue weighted by Crippen LogP contribution is 2.12. The Morgan fingerprint density at radius 3 is 2.54 bits per heavy atom. The molecule has 0 aromatic heterocycles. The van der Waals surface area contributed by atoms with Crippen LogP contribution in [0.15, 0.2) is 42.7 Å². The predicted octanol–water partition coefficient (Wildman–Crippen LogP) is 2.39. The minimum atomic E-state index is 0.760. The fourth-order valence-electron chi connectivity index (χ4n) is 1.36. The molecular formula is C10H11ClN2. The Hall–Kier alpha value is -1.15. The fourth-order valence-corrected chi connectivity index (χ4v) is 1.54. The number of halogens is 1. The summed E-state index contributed by atoms with van der Waals surface area (Å²) in [6.45, 7) is 1.68. The van der Waals surface area contributed by atoms with E-state index in [1.807, 2.05) is 30.6 Å². The van der Waals surface area contributed by atoms with Gasteiger partial charge in [-0.3, -0.25) is 4.42 Å². The monoisotopic (exact) mass is 194 g/mol. The van der Waals surface area contributed by atoms with Crippen molar-refractivity contribution in [1.82, 2.24) is 9.32 Å². The molecule has 0 amide bonds. The van der Waals surface area contributed by atoms with Gasteiger partial charge in [0, 0.05) is 30.7 Å². The van der Waals surface area contributed by atoms with Crippen molar-refractivity contribution in [3.63, 3.8) is 0 Å². The molecule has 0 atom stereocenters. The summed E-state index contributed by atoms with van der Waals surface area (Å²) in [5.74, 6) is 0. The van der Waals surface area contributed by atoms with E-state index in [2.05, 4.69) is 17.0 Å². The van der Waals surface area contributed by atoms with E-state index in [0.29, 0.717) is 0 Å². The molecule has 1 heterocycles. The van der Waals surface area contributed by atoms with Crippen LogP contribution in [0.3, 0.4) is 0 Å². The third-order valence-electron chi connectivity index (χ3n) is 1.98. The first-order valence-corrected chi connectivity index (χ1v) is 4.57. The van der Waals surface area contributed by atoms with E-state index in [4.69, 9.17) is 11.8 Å². The lowest BCUT2D eigenvalue weighted by Crippen LogP contribution is -2.19. The number of nitrogens with zero attached hydrogens (tertiary/aromatic N) is 2. The van der Waals surface area contributed by atoms with Crippen LogP contribution in [0.25, 0.3) is 0 Å². The van der Waals surface area contributed by atoms with Crippen LogP contribution in [-0.4, -0.2) is 16.0 Å². The van der Waals surface area contributed by atoms with E-state index in [-0.39, 0.29) is 0 Å². The maximum absolute atomic E-state index is 5.78. The van der Waals surface area contributed by atoms with Crippen molar-refractivity contribution in [2.45, 2.75) is 6.54 Å². The summed E-state index contributed by atoms with van der Waals surface area (Å²) in [4.78, 5) is 2.16. The molecule has 0 fully saturated rings. The highest BCUT2D eigenvalue weighted by molar-refractivity contribution is 6.14. The Morgan fingerprint density at radius 2 is 1.92 bits per heavy atom. The van der Waals surface area contributed by atoms with Crippen molar-refractivity contribution in [3.05, 3.63) is 48.3 Å². The zero-order valence-corrected chi connectivity index (χ0v) is 7.98. The Bertz CT molecular complexity index is 297. The van der Waals surface area contributed by atoms with Crippen LogP contribution in [0.5, 0.6) is 0 Å². The first-order chi connectivity index (χ1) is 6.34. The molecule has 2 nitrogen and oxygen atoms in total. The predicted molar refractivity (Wildman–Crippen MR) is 53.7 cm³/mol. The molecular weight excluding hydrogens is 184 g/mol. The minimum absolute atomic E-state index is 0.760. The quantitative estimate of drug-likeness (QED) is 0.668. The molecule has 0 saturated heterocycles. The highest BCUT2D eigenvalue weighted by Gasteiger charge is 2.09. The SMILES string of the molecule is ClN1C=CN(Cc2ccccc2)C1. The van der Waals surface area contributed by atoms with Crippen molar-refractivity contribution in [1.29, 1.82) is 0 Å². The van der Waals surface area contributed by atoms with Gasteiger partial charge in [0.2, 0.25) is 0 Å². The lowest BCUT2D eigenvalue weighted by atomic mass is 10.2. The average Bonchev–Trinajstić information content (AvgIpc) is 2.53. The van der Waals surface area contributed by atoms with Gasteiger partial charge in [0.25, 0.3) is 0 Å². The first kappa shape index (κ1) is 8.45. The van der Waals surface area contributed by atoms with Gasteiger partial charge in [-0.15, -0.1) is 0 Å². The first-order valence-electron chi connectivity index (χ1n) is 4.23. The smallest absolute Gasteiger partial charge is 0.105 e. The molecule has 0 saturated carbocycles. The molecule has 0 bridgehead atoms. The molecule has 1 aromatic carbocycles.